The Morgan fingerprint density at radius 2 is 2.10 bits per heavy atom. The zero-order valence-electron chi connectivity index (χ0n) is 12.0. The third-order valence-electron chi connectivity index (χ3n) is 2.81. The Labute approximate surface area is 118 Å². The van der Waals surface area contributed by atoms with Gasteiger partial charge in [-0.15, -0.1) is 0 Å². The van der Waals surface area contributed by atoms with Crippen LogP contribution in [-0.2, 0) is 9.53 Å². The van der Waals surface area contributed by atoms with Crippen LogP contribution in [0.2, 0.25) is 0 Å². The number of ether oxygens (including phenoxy) is 1. The topological polar surface area (TPSA) is 78.9 Å². The minimum atomic E-state index is -0.317. The number of likely N-dealkylation sites (N-methyl/N-ethyl adjacent to an activating group) is 1. The van der Waals surface area contributed by atoms with E-state index in [1.807, 2.05) is 0 Å². The summed E-state index contributed by atoms with van der Waals surface area (Å²) in [5.74, 6) is -0.509. The molecule has 6 heteroatoms. The van der Waals surface area contributed by atoms with E-state index in [2.05, 4.69) is 5.32 Å². The van der Waals surface area contributed by atoms with Gasteiger partial charge in [-0.3, -0.25) is 9.59 Å². The van der Waals surface area contributed by atoms with Crippen molar-refractivity contribution in [3.05, 3.63) is 29.3 Å². The molecule has 0 aromatic heterocycles. The van der Waals surface area contributed by atoms with E-state index >= 15 is 0 Å². The van der Waals surface area contributed by atoms with Crippen molar-refractivity contribution in [2.24, 2.45) is 0 Å². The van der Waals surface area contributed by atoms with Crippen LogP contribution < -0.4 is 5.32 Å². The number of carbonyl (C=O) groups is 2. The number of phenols is 1. The fraction of sp³-hybridized carbons (Fsp3) is 0.429. The predicted molar refractivity (Wildman–Crippen MR) is 74.7 cm³/mol. The Hall–Kier alpha value is -2.08. The maximum absolute atomic E-state index is 12.1. The molecule has 0 radical (unpaired) electrons. The summed E-state index contributed by atoms with van der Waals surface area (Å²) >= 11 is 0. The number of hydrogen-bond donors (Lipinski definition) is 2. The Kier molecular flexibility index (Phi) is 5.99. The third-order valence-corrected chi connectivity index (χ3v) is 2.81. The summed E-state index contributed by atoms with van der Waals surface area (Å²) in [5, 5.41) is 12.2. The summed E-state index contributed by atoms with van der Waals surface area (Å²) in [6, 6.07) is 4.68. The van der Waals surface area contributed by atoms with Crippen molar-refractivity contribution in [3.63, 3.8) is 0 Å². The summed E-state index contributed by atoms with van der Waals surface area (Å²) < 4.78 is 4.82. The molecule has 0 aliphatic heterocycles. The van der Waals surface area contributed by atoms with Crippen molar-refractivity contribution in [1.82, 2.24) is 10.2 Å². The summed E-state index contributed by atoms with van der Waals surface area (Å²) in [7, 11) is 3.08. The van der Waals surface area contributed by atoms with Gasteiger partial charge in [0, 0.05) is 26.3 Å². The first-order valence-electron chi connectivity index (χ1n) is 6.26. The number of methoxy groups -OCH3 is 1. The molecule has 110 valence electrons. The van der Waals surface area contributed by atoms with Crippen LogP contribution in [0, 0.1) is 6.92 Å². The molecule has 6 nitrogen and oxygen atoms in total. The van der Waals surface area contributed by atoms with Gasteiger partial charge in [0.1, 0.15) is 5.75 Å². The maximum Gasteiger partial charge on any atom is 0.254 e. The molecule has 0 atom stereocenters. The number of aromatic hydroxyl groups is 1. The first kappa shape index (κ1) is 16.0. The molecule has 1 rings (SSSR count). The molecule has 2 amide bonds. The van der Waals surface area contributed by atoms with Crippen molar-refractivity contribution in [3.8, 4) is 5.75 Å². The molecule has 0 unspecified atom stereocenters. The van der Waals surface area contributed by atoms with E-state index in [9.17, 15) is 14.7 Å². The second kappa shape index (κ2) is 7.49. The largest absolute Gasteiger partial charge is 0.508 e. The first-order chi connectivity index (χ1) is 9.45. The molecule has 1 aromatic carbocycles. The molecular formula is C14H20N2O4. The number of hydrogen-bond acceptors (Lipinski definition) is 4. The van der Waals surface area contributed by atoms with E-state index in [4.69, 9.17) is 4.74 Å². The summed E-state index contributed by atoms with van der Waals surface area (Å²) in [5.41, 5.74) is 1.04. The number of aryl methyl sites for hydroxylation is 1. The highest BCUT2D eigenvalue weighted by molar-refractivity contribution is 5.96. The molecule has 0 fully saturated rings. The normalized spacial score (nSPS) is 10.2. The van der Waals surface area contributed by atoms with Crippen molar-refractivity contribution in [2.75, 3.05) is 33.9 Å². The first-order valence-corrected chi connectivity index (χ1v) is 6.26. The number of carbonyl (C=O) groups excluding carboxylic acids is 2. The van der Waals surface area contributed by atoms with Gasteiger partial charge in [-0.05, 0) is 24.6 Å². The zero-order valence-corrected chi connectivity index (χ0v) is 12.0. The van der Waals surface area contributed by atoms with Gasteiger partial charge in [0.15, 0.2) is 0 Å². The summed E-state index contributed by atoms with van der Waals surface area (Å²) in [6.45, 7) is 2.53. The standard InChI is InChI=1S/C14H20N2O4/c1-10-4-5-11(8-12(10)17)14(19)16(2)9-13(18)15-6-7-20-3/h4-5,8,17H,6-7,9H2,1-3H3,(H,15,18). The van der Waals surface area contributed by atoms with Gasteiger partial charge in [0.05, 0.1) is 13.2 Å². The summed E-state index contributed by atoms with van der Waals surface area (Å²) in [4.78, 5) is 25.0. The second-order valence-electron chi connectivity index (χ2n) is 4.51. The quantitative estimate of drug-likeness (QED) is 0.745. The molecule has 0 aliphatic rings. The number of nitrogens with zero attached hydrogens (tertiary/aromatic N) is 1. The minimum Gasteiger partial charge on any atom is -0.508 e. The third kappa shape index (κ3) is 4.55. The van der Waals surface area contributed by atoms with Crippen LogP contribution in [0.15, 0.2) is 18.2 Å². The number of rotatable bonds is 6. The predicted octanol–water partition coefficient (Wildman–Crippen LogP) is 0.535. The van der Waals surface area contributed by atoms with Crippen molar-refractivity contribution < 1.29 is 19.4 Å². The summed E-state index contributed by atoms with van der Waals surface area (Å²) in [6.07, 6.45) is 0. The number of phenolic OH excluding ortho intramolecular Hbond substituents is 1. The van der Waals surface area contributed by atoms with Crippen LogP contribution in [0.25, 0.3) is 0 Å². The molecule has 0 heterocycles. The highest BCUT2D eigenvalue weighted by Crippen LogP contribution is 2.18. The van der Waals surface area contributed by atoms with Crippen LogP contribution in [-0.4, -0.2) is 55.7 Å². The SMILES string of the molecule is COCCNC(=O)CN(C)C(=O)c1ccc(C)c(O)c1. The number of benzene rings is 1. The number of amides is 2. The lowest BCUT2D eigenvalue weighted by atomic mass is 10.1. The molecule has 0 spiro atoms. The molecule has 0 aliphatic carbocycles. The smallest absolute Gasteiger partial charge is 0.254 e. The zero-order chi connectivity index (χ0) is 15.1. The van der Waals surface area contributed by atoms with Gasteiger partial charge < -0.3 is 20.1 Å². The Morgan fingerprint density at radius 1 is 1.40 bits per heavy atom. The molecule has 20 heavy (non-hydrogen) atoms. The Morgan fingerprint density at radius 3 is 2.70 bits per heavy atom. The Bertz CT molecular complexity index is 488. The maximum atomic E-state index is 12.1. The molecule has 0 saturated heterocycles. The van der Waals surface area contributed by atoms with E-state index in [-0.39, 0.29) is 24.1 Å². The molecule has 1 aromatic rings. The van der Waals surface area contributed by atoms with Gasteiger partial charge in [-0.25, -0.2) is 0 Å². The van der Waals surface area contributed by atoms with Crippen LogP contribution in [0.5, 0.6) is 5.75 Å². The van der Waals surface area contributed by atoms with Gasteiger partial charge in [-0.1, -0.05) is 6.07 Å². The average Bonchev–Trinajstić information content (AvgIpc) is 2.41. The van der Waals surface area contributed by atoms with Crippen LogP contribution in [0.4, 0.5) is 0 Å². The van der Waals surface area contributed by atoms with E-state index in [0.717, 1.165) is 0 Å². The highest BCUT2D eigenvalue weighted by atomic mass is 16.5. The van der Waals surface area contributed by atoms with E-state index in [1.165, 1.54) is 18.0 Å². The van der Waals surface area contributed by atoms with Gasteiger partial charge >= 0.3 is 0 Å². The van der Waals surface area contributed by atoms with Gasteiger partial charge in [0.25, 0.3) is 5.91 Å². The second-order valence-corrected chi connectivity index (χ2v) is 4.51. The fourth-order valence-corrected chi connectivity index (χ4v) is 1.60. The number of nitrogens with one attached hydrogen (secondary N) is 1. The Balaban J connectivity index is 2.58. The van der Waals surface area contributed by atoms with Crippen LogP contribution in [0.1, 0.15) is 15.9 Å². The fourth-order valence-electron chi connectivity index (χ4n) is 1.60. The highest BCUT2D eigenvalue weighted by Gasteiger charge is 2.15. The lowest BCUT2D eigenvalue weighted by molar-refractivity contribution is -0.121. The molecular weight excluding hydrogens is 260 g/mol. The van der Waals surface area contributed by atoms with Crippen LogP contribution in [0.3, 0.4) is 0 Å². The molecule has 0 saturated carbocycles. The lowest BCUT2D eigenvalue weighted by Crippen LogP contribution is -2.39. The molecule has 2 N–H and O–H groups in total. The lowest BCUT2D eigenvalue weighted by Gasteiger charge is -2.17. The van der Waals surface area contributed by atoms with E-state index in [1.54, 1.807) is 26.2 Å². The van der Waals surface area contributed by atoms with Crippen LogP contribution >= 0.6 is 0 Å². The molecule has 0 bridgehead atoms. The van der Waals surface area contributed by atoms with Gasteiger partial charge in [0.2, 0.25) is 5.91 Å². The van der Waals surface area contributed by atoms with E-state index in [0.29, 0.717) is 24.3 Å². The average molecular weight is 280 g/mol. The van der Waals surface area contributed by atoms with Crippen molar-refractivity contribution >= 4 is 11.8 Å². The van der Waals surface area contributed by atoms with E-state index < -0.39 is 0 Å². The minimum absolute atomic E-state index is 0.0445. The van der Waals surface area contributed by atoms with Crippen molar-refractivity contribution in [1.29, 1.82) is 0 Å². The van der Waals surface area contributed by atoms with Gasteiger partial charge in [-0.2, -0.15) is 0 Å². The van der Waals surface area contributed by atoms with Crippen molar-refractivity contribution in [2.45, 2.75) is 6.92 Å². The monoisotopic (exact) mass is 280 g/mol.